The summed E-state index contributed by atoms with van der Waals surface area (Å²) in [5.41, 5.74) is 4.89. The number of hydrogen-bond donors (Lipinski definition) is 0. The zero-order valence-corrected chi connectivity index (χ0v) is 20.7. The molecule has 0 aliphatic carbocycles. The van der Waals surface area contributed by atoms with Gasteiger partial charge in [-0.05, 0) is 63.1 Å². The molecule has 0 aromatic heterocycles. The molecule has 1 heterocycles. The van der Waals surface area contributed by atoms with Crippen LogP contribution >= 0.6 is 20.2 Å². The third-order valence-corrected chi connectivity index (χ3v) is 5.52. The van der Waals surface area contributed by atoms with Crippen LogP contribution in [0.25, 0.3) is 0 Å². The number of Topliss-reactive ketones (excluding diaryl/α,β-unsaturated/α-hetero) is 1. The molecule has 0 N–H and O–H groups in total. The fraction of sp³-hybridized carbons (Fsp3) is 0.636. The Balaban J connectivity index is 0.00000122. The van der Waals surface area contributed by atoms with Crippen molar-refractivity contribution in [1.29, 1.82) is 0 Å². The first kappa shape index (κ1) is 25.7. The van der Waals surface area contributed by atoms with Crippen LogP contribution in [0.4, 0.5) is 5.69 Å². The van der Waals surface area contributed by atoms with Gasteiger partial charge in [-0.2, -0.15) is 0 Å². The molecule has 0 bridgehead atoms. The summed E-state index contributed by atoms with van der Waals surface area (Å²) in [4.78, 5) is 19.3. The average Bonchev–Trinajstić information content (AvgIpc) is 2.61. The zero-order chi connectivity index (χ0) is 21.4. The van der Waals surface area contributed by atoms with Crippen LogP contribution in [0.1, 0.15) is 83.8 Å². The number of ketones is 1. The van der Waals surface area contributed by atoms with E-state index in [-0.39, 0.29) is 31.0 Å². The van der Waals surface area contributed by atoms with Crippen molar-refractivity contribution in [2.45, 2.75) is 84.7 Å². The van der Waals surface area contributed by atoms with Gasteiger partial charge in [-0.3, -0.25) is 14.7 Å². The van der Waals surface area contributed by atoms with Crippen LogP contribution in [0.5, 0.6) is 0 Å². The van der Waals surface area contributed by atoms with Crippen molar-refractivity contribution in [1.82, 2.24) is 4.90 Å². The SMILES string of the molecule is CC(=O)C1CCCC(C(C)=Nc2c(C(C)C)cccc2C(C)C)N1C.[Cl][Fe][Cl]. The fourth-order valence-corrected chi connectivity index (χ4v) is 4.01. The molecule has 0 spiro atoms. The van der Waals surface area contributed by atoms with Crippen LogP contribution < -0.4 is 0 Å². The second-order valence-electron chi connectivity index (χ2n) is 8.14. The van der Waals surface area contributed by atoms with E-state index in [4.69, 9.17) is 25.2 Å². The zero-order valence-electron chi connectivity index (χ0n) is 18.1. The summed E-state index contributed by atoms with van der Waals surface area (Å²) in [6, 6.07) is 6.84. The number of likely N-dealkylation sites (N-methyl/N-ethyl adjacent to an activating group) is 1. The molecule has 1 aliphatic heterocycles. The number of para-hydroxylation sites is 1. The van der Waals surface area contributed by atoms with E-state index in [1.807, 2.05) is 0 Å². The number of likely N-dealkylation sites (tertiary alicyclic amines) is 1. The van der Waals surface area contributed by atoms with Gasteiger partial charge in [0.2, 0.25) is 0 Å². The van der Waals surface area contributed by atoms with Gasteiger partial charge in [0, 0.05) is 11.8 Å². The van der Waals surface area contributed by atoms with Gasteiger partial charge in [-0.25, -0.2) is 0 Å². The molecule has 2 unspecified atom stereocenters. The number of hydrogen-bond acceptors (Lipinski definition) is 3. The van der Waals surface area contributed by atoms with Crippen molar-refractivity contribution in [3.8, 4) is 0 Å². The van der Waals surface area contributed by atoms with E-state index in [0.717, 1.165) is 30.7 Å². The molecule has 6 heteroatoms. The summed E-state index contributed by atoms with van der Waals surface area (Å²) in [7, 11) is 11.6. The first-order valence-corrected chi connectivity index (χ1v) is 12.9. The maximum absolute atomic E-state index is 11.9. The number of rotatable bonds is 5. The minimum atomic E-state index is 0.0359. The molecular formula is C22H34Cl2FeN2O. The number of halogens is 2. The number of benzene rings is 1. The number of nitrogens with zero attached hydrogens (tertiary/aromatic N) is 2. The maximum atomic E-state index is 11.9. The summed E-state index contributed by atoms with van der Waals surface area (Å²) < 4.78 is 0. The molecule has 3 nitrogen and oxygen atoms in total. The van der Waals surface area contributed by atoms with E-state index < -0.39 is 0 Å². The van der Waals surface area contributed by atoms with Crippen molar-refractivity contribution in [3.63, 3.8) is 0 Å². The molecule has 0 saturated carbocycles. The van der Waals surface area contributed by atoms with Gasteiger partial charge >= 0.3 is 33.3 Å². The topological polar surface area (TPSA) is 32.7 Å². The summed E-state index contributed by atoms with van der Waals surface area (Å²) in [6.45, 7) is 12.8. The predicted molar refractivity (Wildman–Crippen MR) is 119 cm³/mol. The van der Waals surface area contributed by atoms with Crippen LogP contribution in [-0.2, 0) is 17.9 Å². The third-order valence-electron chi connectivity index (χ3n) is 5.52. The van der Waals surface area contributed by atoms with Crippen molar-refractivity contribution < 1.29 is 17.9 Å². The standard InChI is InChI=1S/C22H34N2O.2ClH.Fe/c1-14(2)18-10-8-11-19(15(3)4)22(18)23-16(5)20-12-9-13-21(17(6)25)24(20)7;;;/h8,10-11,14-15,20-21H,9,12-13H2,1-7H3;2*1H;/q;;;+2/p-2. The Bertz CT molecular complexity index is 650. The normalized spacial score (nSPS) is 21.0. The second kappa shape index (κ2) is 12.3. The molecule has 28 heavy (non-hydrogen) atoms. The molecule has 1 aliphatic rings. The van der Waals surface area contributed by atoms with Crippen molar-refractivity contribution >= 4 is 37.4 Å². The quantitative estimate of drug-likeness (QED) is 0.349. The minimum absolute atomic E-state index is 0.0359. The predicted octanol–water partition coefficient (Wildman–Crippen LogP) is 6.84. The van der Waals surface area contributed by atoms with Gasteiger partial charge < -0.3 is 0 Å². The van der Waals surface area contributed by atoms with Gasteiger partial charge in [-0.15, -0.1) is 0 Å². The molecule has 1 aromatic carbocycles. The van der Waals surface area contributed by atoms with Gasteiger partial charge in [0.1, 0.15) is 5.78 Å². The Labute approximate surface area is 185 Å². The number of carbonyl (C=O) groups excluding carboxylic acids is 1. The molecule has 2 atom stereocenters. The van der Waals surface area contributed by atoms with Crippen LogP contribution in [0, 0.1) is 0 Å². The Morgan fingerprint density at radius 1 is 1.07 bits per heavy atom. The van der Waals surface area contributed by atoms with Crippen LogP contribution in [0.3, 0.4) is 0 Å². The summed E-state index contributed by atoms with van der Waals surface area (Å²) in [6.07, 6.45) is 3.14. The second-order valence-corrected chi connectivity index (χ2v) is 9.96. The Hall–Kier alpha value is -0.381. The first-order chi connectivity index (χ1) is 13.1. The Morgan fingerprint density at radius 2 is 1.54 bits per heavy atom. The number of piperidine rings is 1. The summed E-state index contributed by atoms with van der Waals surface area (Å²) in [5, 5.41) is 0. The molecule has 0 radical (unpaired) electrons. The van der Waals surface area contributed by atoms with Gasteiger partial charge in [0.05, 0.1) is 11.7 Å². The Kier molecular flexibility index (Phi) is 11.3. The van der Waals surface area contributed by atoms with E-state index in [1.54, 1.807) is 6.92 Å². The van der Waals surface area contributed by atoms with Crippen molar-refractivity contribution in [2.24, 2.45) is 4.99 Å². The van der Waals surface area contributed by atoms with Crippen LogP contribution in [0.2, 0.25) is 0 Å². The number of aliphatic imine (C=N–C) groups is 1. The van der Waals surface area contributed by atoms with Gasteiger partial charge in [0.15, 0.2) is 0 Å². The van der Waals surface area contributed by atoms with Crippen molar-refractivity contribution in [3.05, 3.63) is 29.3 Å². The van der Waals surface area contributed by atoms with Gasteiger partial charge in [-0.1, -0.05) is 45.9 Å². The molecule has 0 amide bonds. The Morgan fingerprint density at radius 3 is 1.96 bits per heavy atom. The molecular weight excluding hydrogens is 435 g/mol. The van der Waals surface area contributed by atoms with E-state index >= 15 is 0 Å². The molecule has 2 rings (SSSR count). The van der Waals surface area contributed by atoms with E-state index in [0.29, 0.717) is 11.8 Å². The van der Waals surface area contributed by atoms with Gasteiger partial charge in [0.25, 0.3) is 0 Å². The first-order valence-electron chi connectivity index (χ1n) is 9.91. The summed E-state index contributed by atoms with van der Waals surface area (Å²) >= 11 is 0.194. The van der Waals surface area contributed by atoms with Crippen LogP contribution in [0.15, 0.2) is 23.2 Å². The van der Waals surface area contributed by atoms with Crippen LogP contribution in [-0.4, -0.2) is 35.5 Å². The fourth-order valence-electron chi connectivity index (χ4n) is 4.01. The number of carbonyl (C=O) groups is 1. The average molecular weight is 469 g/mol. The molecule has 160 valence electrons. The summed E-state index contributed by atoms with van der Waals surface area (Å²) in [5.74, 6) is 1.16. The molecule has 1 fully saturated rings. The van der Waals surface area contributed by atoms with Crippen molar-refractivity contribution in [2.75, 3.05) is 7.05 Å². The third kappa shape index (κ3) is 6.85. The molecule has 1 aromatic rings. The van der Waals surface area contributed by atoms with E-state index in [1.165, 1.54) is 11.1 Å². The van der Waals surface area contributed by atoms with E-state index in [2.05, 4.69) is 64.8 Å². The molecule has 1 saturated heterocycles. The van der Waals surface area contributed by atoms with E-state index in [9.17, 15) is 4.79 Å². The monoisotopic (exact) mass is 468 g/mol.